The van der Waals surface area contributed by atoms with E-state index in [2.05, 4.69) is 46.3 Å². The van der Waals surface area contributed by atoms with E-state index in [-0.39, 0.29) is 11.9 Å². The topological polar surface area (TPSA) is 79.9 Å². The first-order chi connectivity index (χ1) is 17.1. The molecule has 0 aliphatic heterocycles. The van der Waals surface area contributed by atoms with Crippen LogP contribution in [0.4, 0.5) is 0 Å². The quantitative estimate of drug-likeness (QED) is 0.357. The summed E-state index contributed by atoms with van der Waals surface area (Å²) in [4.78, 5) is 17.8. The summed E-state index contributed by atoms with van der Waals surface area (Å²) in [6.07, 6.45) is 0. The molecule has 0 bridgehead atoms. The van der Waals surface area contributed by atoms with Crippen LogP contribution in [0.25, 0.3) is 21.8 Å². The maximum atomic E-state index is 12.9. The second-order valence-electron chi connectivity index (χ2n) is 8.48. The summed E-state index contributed by atoms with van der Waals surface area (Å²) >= 11 is 0. The van der Waals surface area contributed by atoms with Crippen molar-refractivity contribution in [2.75, 3.05) is 7.11 Å². The molecule has 0 spiro atoms. The van der Waals surface area contributed by atoms with E-state index in [1.165, 1.54) is 10.8 Å². The van der Waals surface area contributed by atoms with Gasteiger partial charge in [0.1, 0.15) is 11.6 Å². The maximum Gasteiger partial charge on any atom is 0.251 e. The van der Waals surface area contributed by atoms with Crippen molar-refractivity contribution in [1.82, 2.24) is 14.9 Å². The van der Waals surface area contributed by atoms with Gasteiger partial charge < -0.3 is 14.6 Å². The highest BCUT2D eigenvalue weighted by Crippen LogP contribution is 2.27. The third-order valence-corrected chi connectivity index (χ3v) is 6.15. The fourth-order valence-electron chi connectivity index (χ4n) is 4.31. The lowest BCUT2D eigenvalue weighted by Crippen LogP contribution is -2.28. The Hall–Kier alpha value is -4.63. The minimum absolute atomic E-state index is 0.219. The first kappa shape index (κ1) is 22.2. The van der Waals surface area contributed by atoms with Crippen molar-refractivity contribution in [3.8, 4) is 11.8 Å². The second-order valence-corrected chi connectivity index (χ2v) is 8.48. The van der Waals surface area contributed by atoms with E-state index in [9.17, 15) is 4.79 Å². The average molecular weight is 461 g/mol. The number of carbonyl (C=O) groups is 1. The minimum atomic E-state index is -0.350. The molecule has 0 radical (unpaired) electrons. The van der Waals surface area contributed by atoms with Gasteiger partial charge in [0.15, 0.2) is 0 Å². The van der Waals surface area contributed by atoms with Crippen molar-refractivity contribution in [3.63, 3.8) is 0 Å². The molecule has 1 aromatic heterocycles. The summed E-state index contributed by atoms with van der Waals surface area (Å²) in [5, 5.41) is 14.4. The number of benzene rings is 4. The van der Waals surface area contributed by atoms with Crippen molar-refractivity contribution in [1.29, 1.82) is 5.26 Å². The molecule has 6 nitrogen and oxygen atoms in total. The standard InChI is InChI=1S/C29H24N4O2/c1-19(31-29(34)23-11-7-20(17-30)8-12-23)28-32-26-14-13-25(35-2)16-27(26)33(28)18-21-9-10-22-5-3-4-6-24(22)15-21/h3-16,19H,18H2,1-2H3,(H,31,34). The number of fused-ring (bicyclic) bond motifs is 2. The third kappa shape index (κ3) is 4.44. The van der Waals surface area contributed by atoms with Crippen LogP contribution in [0.5, 0.6) is 5.75 Å². The van der Waals surface area contributed by atoms with E-state index < -0.39 is 0 Å². The number of nitrogens with one attached hydrogen (secondary N) is 1. The van der Waals surface area contributed by atoms with Crippen LogP contribution < -0.4 is 10.1 Å². The van der Waals surface area contributed by atoms with Gasteiger partial charge in [-0.3, -0.25) is 4.79 Å². The van der Waals surface area contributed by atoms with Crippen LogP contribution in [-0.2, 0) is 6.54 Å². The average Bonchev–Trinajstić information content (AvgIpc) is 3.26. The number of imidazole rings is 1. The first-order valence-electron chi connectivity index (χ1n) is 11.4. The van der Waals surface area contributed by atoms with Crippen LogP contribution in [-0.4, -0.2) is 22.6 Å². The van der Waals surface area contributed by atoms with Crippen molar-refractivity contribution in [2.45, 2.75) is 19.5 Å². The third-order valence-electron chi connectivity index (χ3n) is 6.15. The Bertz CT molecular complexity index is 1580. The second kappa shape index (κ2) is 9.32. The molecule has 1 unspecified atom stereocenters. The van der Waals surface area contributed by atoms with Gasteiger partial charge in [0.25, 0.3) is 5.91 Å². The molecule has 0 aliphatic carbocycles. The van der Waals surface area contributed by atoms with Gasteiger partial charge in [0.05, 0.1) is 35.8 Å². The molecule has 0 fully saturated rings. The molecule has 0 aliphatic rings. The van der Waals surface area contributed by atoms with Gasteiger partial charge in [-0.05, 0) is 65.7 Å². The minimum Gasteiger partial charge on any atom is -0.497 e. The molecule has 1 N–H and O–H groups in total. The van der Waals surface area contributed by atoms with Crippen molar-refractivity contribution in [2.24, 2.45) is 0 Å². The molecule has 0 saturated heterocycles. The molecule has 6 heteroatoms. The number of nitrogens with zero attached hydrogens (tertiary/aromatic N) is 3. The van der Waals surface area contributed by atoms with Gasteiger partial charge >= 0.3 is 0 Å². The largest absolute Gasteiger partial charge is 0.497 e. The number of amides is 1. The lowest BCUT2D eigenvalue weighted by Gasteiger charge is -2.17. The molecule has 35 heavy (non-hydrogen) atoms. The van der Waals surface area contributed by atoms with E-state index in [1.54, 1.807) is 31.4 Å². The zero-order valence-corrected chi connectivity index (χ0v) is 19.5. The summed E-state index contributed by atoms with van der Waals surface area (Å²) in [5.74, 6) is 1.28. The lowest BCUT2D eigenvalue weighted by atomic mass is 10.1. The number of nitriles is 1. The Morgan fingerprint density at radius 3 is 2.54 bits per heavy atom. The molecule has 5 rings (SSSR count). The van der Waals surface area contributed by atoms with E-state index in [0.717, 1.165) is 28.2 Å². The number of hydrogen-bond acceptors (Lipinski definition) is 4. The first-order valence-corrected chi connectivity index (χ1v) is 11.4. The number of ether oxygens (including phenoxy) is 1. The number of carbonyl (C=O) groups excluding carboxylic acids is 1. The summed E-state index contributed by atoms with van der Waals surface area (Å²) in [6.45, 7) is 2.53. The molecule has 1 heterocycles. The molecule has 172 valence electrons. The van der Waals surface area contributed by atoms with E-state index in [1.807, 2.05) is 37.3 Å². The molecule has 0 saturated carbocycles. The molecule has 1 atom stereocenters. The fraction of sp³-hybridized carbons (Fsp3) is 0.138. The zero-order chi connectivity index (χ0) is 24.4. The Balaban J connectivity index is 1.51. The Labute approximate surface area is 203 Å². The fourth-order valence-corrected chi connectivity index (χ4v) is 4.31. The summed E-state index contributed by atoms with van der Waals surface area (Å²) in [5.41, 5.74) is 3.92. The number of rotatable bonds is 6. The Morgan fingerprint density at radius 2 is 1.80 bits per heavy atom. The van der Waals surface area contributed by atoms with Crippen LogP contribution in [0, 0.1) is 11.3 Å². The van der Waals surface area contributed by atoms with Crippen LogP contribution in [0.3, 0.4) is 0 Å². The Kier molecular flexibility index (Phi) is 5.90. The summed E-state index contributed by atoms with van der Waals surface area (Å²) < 4.78 is 7.59. The van der Waals surface area contributed by atoms with Crippen LogP contribution in [0.2, 0.25) is 0 Å². The van der Waals surface area contributed by atoms with Gasteiger partial charge in [-0.15, -0.1) is 0 Å². The predicted octanol–water partition coefficient (Wildman–Crippen LogP) is 5.61. The smallest absolute Gasteiger partial charge is 0.251 e. The van der Waals surface area contributed by atoms with Crippen molar-refractivity contribution < 1.29 is 9.53 Å². The van der Waals surface area contributed by atoms with Crippen molar-refractivity contribution >= 4 is 27.7 Å². The van der Waals surface area contributed by atoms with E-state index in [4.69, 9.17) is 15.0 Å². The predicted molar refractivity (Wildman–Crippen MR) is 136 cm³/mol. The molecular weight excluding hydrogens is 436 g/mol. The highest BCUT2D eigenvalue weighted by Gasteiger charge is 2.20. The van der Waals surface area contributed by atoms with Crippen LogP contribution in [0.1, 0.15) is 40.3 Å². The maximum absolute atomic E-state index is 12.9. The number of hydrogen-bond donors (Lipinski definition) is 1. The molecule has 5 aromatic rings. The van der Waals surface area contributed by atoms with Gasteiger partial charge in [-0.25, -0.2) is 4.98 Å². The molecule has 1 amide bonds. The van der Waals surface area contributed by atoms with Crippen LogP contribution in [0.15, 0.2) is 84.9 Å². The van der Waals surface area contributed by atoms with Gasteiger partial charge in [-0.1, -0.05) is 36.4 Å². The van der Waals surface area contributed by atoms with Crippen LogP contribution >= 0.6 is 0 Å². The van der Waals surface area contributed by atoms with Crippen molar-refractivity contribution in [3.05, 3.63) is 107 Å². The molecule has 4 aromatic carbocycles. The van der Waals surface area contributed by atoms with E-state index >= 15 is 0 Å². The van der Waals surface area contributed by atoms with Gasteiger partial charge in [0, 0.05) is 18.2 Å². The highest BCUT2D eigenvalue weighted by molar-refractivity contribution is 5.94. The lowest BCUT2D eigenvalue weighted by molar-refractivity contribution is 0.0937. The normalized spacial score (nSPS) is 11.8. The monoisotopic (exact) mass is 460 g/mol. The summed E-state index contributed by atoms with van der Waals surface area (Å²) in [6, 6.07) is 28.8. The van der Waals surface area contributed by atoms with E-state index in [0.29, 0.717) is 17.7 Å². The molecular formula is C29H24N4O2. The SMILES string of the molecule is COc1ccc2nc(C(C)NC(=O)c3ccc(C#N)cc3)n(Cc3ccc4ccccc4c3)c2c1. The number of methoxy groups -OCH3 is 1. The number of aromatic nitrogens is 2. The highest BCUT2D eigenvalue weighted by atomic mass is 16.5. The zero-order valence-electron chi connectivity index (χ0n) is 19.5. The van der Waals surface area contributed by atoms with Gasteiger partial charge in [0.2, 0.25) is 0 Å². The Morgan fingerprint density at radius 1 is 1.03 bits per heavy atom. The summed E-state index contributed by atoms with van der Waals surface area (Å²) in [7, 11) is 1.65. The van der Waals surface area contributed by atoms with Gasteiger partial charge in [-0.2, -0.15) is 5.26 Å².